The Kier molecular flexibility index (Phi) is 7.95. The average Bonchev–Trinajstić information content (AvgIpc) is 3.59. The van der Waals surface area contributed by atoms with Crippen LogP contribution in [0.3, 0.4) is 0 Å². The number of thioether (sulfide) groups is 1. The summed E-state index contributed by atoms with van der Waals surface area (Å²) in [6, 6.07) is 0.904. The molecule has 0 spiro atoms. The number of nitrogens with zero attached hydrogens (tertiary/aromatic N) is 5. The Labute approximate surface area is 212 Å². The molecular weight excluding hydrogens is 488 g/mol. The number of ether oxygens (including phenoxy) is 1. The Morgan fingerprint density at radius 1 is 1.36 bits per heavy atom. The molecule has 13 nitrogen and oxygen atoms in total. The molecule has 2 fully saturated rings. The number of tetrazole rings is 1. The molecular formula is C22H32N8O5S. The van der Waals surface area contributed by atoms with Crippen LogP contribution in [0, 0.1) is 0 Å². The first kappa shape index (κ1) is 26.1. The van der Waals surface area contributed by atoms with Crippen LogP contribution in [0.1, 0.15) is 63.7 Å². The Hall–Kier alpha value is -2.97. The lowest BCUT2D eigenvalue weighted by Crippen LogP contribution is -2.68. The van der Waals surface area contributed by atoms with Crippen molar-refractivity contribution in [3.05, 3.63) is 30.0 Å². The van der Waals surface area contributed by atoms with Crippen molar-refractivity contribution in [2.45, 2.75) is 75.0 Å². The number of hydrogen-bond acceptors (Lipinski definition) is 10. The van der Waals surface area contributed by atoms with Crippen LogP contribution < -0.4 is 16.4 Å². The third kappa shape index (κ3) is 5.11. The van der Waals surface area contributed by atoms with Crippen LogP contribution in [0.4, 0.5) is 0 Å². The van der Waals surface area contributed by atoms with E-state index in [4.69, 9.17) is 14.9 Å². The van der Waals surface area contributed by atoms with Crippen LogP contribution in [0.5, 0.6) is 0 Å². The van der Waals surface area contributed by atoms with Gasteiger partial charge in [0.2, 0.25) is 11.8 Å². The van der Waals surface area contributed by atoms with Crippen molar-refractivity contribution in [1.29, 1.82) is 0 Å². The van der Waals surface area contributed by atoms with Crippen molar-refractivity contribution in [3.8, 4) is 0 Å². The zero-order valence-corrected chi connectivity index (χ0v) is 21.4. The first-order valence-electron chi connectivity index (χ1n) is 12.0. The molecule has 2 aromatic heterocycles. The van der Waals surface area contributed by atoms with E-state index in [0.29, 0.717) is 12.4 Å². The molecule has 0 bridgehead atoms. The molecule has 0 saturated carbocycles. The molecule has 4 heterocycles. The van der Waals surface area contributed by atoms with E-state index in [9.17, 15) is 14.4 Å². The molecule has 2 aliphatic rings. The van der Waals surface area contributed by atoms with Crippen molar-refractivity contribution >= 4 is 29.5 Å². The highest BCUT2D eigenvalue weighted by molar-refractivity contribution is 8.01. The van der Waals surface area contributed by atoms with Crippen molar-refractivity contribution in [1.82, 2.24) is 35.7 Å². The summed E-state index contributed by atoms with van der Waals surface area (Å²) in [5.41, 5.74) is 5.39. The second-order valence-electron chi connectivity index (χ2n) is 9.25. The molecule has 3 amide bonds. The van der Waals surface area contributed by atoms with Gasteiger partial charge in [0.1, 0.15) is 29.9 Å². The zero-order chi connectivity index (χ0) is 25.9. The molecule has 2 saturated heterocycles. The molecule has 36 heavy (non-hydrogen) atoms. The van der Waals surface area contributed by atoms with Gasteiger partial charge in [0.05, 0.1) is 12.8 Å². The Bertz CT molecular complexity index is 1070. The van der Waals surface area contributed by atoms with E-state index in [1.165, 1.54) is 6.26 Å². The first-order valence-corrected chi connectivity index (χ1v) is 12.8. The Balaban J connectivity index is 1.45. The molecule has 4 unspecified atom stereocenters. The van der Waals surface area contributed by atoms with Gasteiger partial charge in [0.25, 0.3) is 5.91 Å². The number of fused-ring (bicyclic) bond motifs is 1. The van der Waals surface area contributed by atoms with Crippen LogP contribution in [-0.2, 0) is 25.9 Å². The number of amides is 3. The second kappa shape index (κ2) is 11.0. The van der Waals surface area contributed by atoms with Crippen LogP contribution in [0.25, 0.3) is 0 Å². The summed E-state index contributed by atoms with van der Waals surface area (Å²) in [5.74, 6) is -0.552. The first-order chi connectivity index (χ1) is 17.3. The summed E-state index contributed by atoms with van der Waals surface area (Å²) in [6.45, 7) is 6.67. The fourth-order valence-corrected chi connectivity index (χ4v) is 6.08. The van der Waals surface area contributed by atoms with Gasteiger partial charge in [-0.1, -0.05) is 19.8 Å². The van der Waals surface area contributed by atoms with E-state index in [-0.39, 0.29) is 30.3 Å². The summed E-state index contributed by atoms with van der Waals surface area (Å²) in [5, 5.41) is 17.1. The number of carbonyl (C=O) groups is 3. The van der Waals surface area contributed by atoms with Gasteiger partial charge < -0.3 is 30.4 Å². The quantitative estimate of drug-likeness (QED) is 0.264. The number of furan rings is 1. The summed E-state index contributed by atoms with van der Waals surface area (Å²) in [6.07, 6.45) is 4.54. The number of β-lactam (4-membered cyclic amide) rings is 1. The van der Waals surface area contributed by atoms with Crippen molar-refractivity contribution in [3.63, 3.8) is 0 Å². The second-order valence-corrected chi connectivity index (χ2v) is 11.0. The normalized spacial score (nSPS) is 23.2. The van der Waals surface area contributed by atoms with Gasteiger partial charge in [0, 0.05) is 11.4 Å². The van der Waals surface area contributed by atoms with Crippen LogP contribution in [0.15, 0.2) is 22.8 Å². The van der Waals surface area contributed by atoms with Gasteiger partial charge in [-0.05, 0) is 42.8 Å². The van der Waals surface area contributed by atoms with E-state index in [1.54, 1.807) is 33.5 Å². The predicted molar refractivity (Wildman–Crippen MR) is 129 cm³/mol. The lowest BCUT2D eigenvalue weighted by atomic mass is 9.95. The average molecular weight is 521 g/mol. The van der Waals surface area contributed by atoms with Crippen molar-refractivity contribution < 1.29 is 23.5 Å². The zero-order valence-electron chi connectivity index (χ0n) is 20.5. The van der Waals surface area contributed by atoms with Crippen LogP contribution in [0.2, 0.25) is 0 Å². The topological polar surface area (TPSA) is 170 Å². The largest absolute Gasteiger partial charge is 0.467 e. The minimum Gasteiger partial charge on any atom is -0.467 e. The van der Waals surface area contributed by atoms with Crippen molar-refractivity contribution in [2.24, 2.45) is 5.73 Å². The van der Waals surface area contributed by atoms with E-state index in [1.807, 2.05) is 13.8 Å². The fraction of sp³-hybridized carbons (Fsp3) is 0.636. The summed E-state index contributed by atoms with van der Waals surface area (Å²) >= 11 is 1.56. The van der Waals surface area contributed by atoms with E-state index in [2.05, 4.69) is 33.1 Å². The maximum Gasteiger partial charge on any atom is 0.251 e. The van der Waals surface area contributed by atoms with E-state index >= 15 is 0 Å². The van der Waals surface area contributed by atoms with Crippen LogP contribution in [-0.4, -0.2) is 72.1 Å². The number of rotatable bonds is 12. The monoisotopic (exact) mass is 520 g/mol. The lowest BCUT2D eigenvalue weighted by molar-refractivity contribution is -0.152. The van der Waals surface area contributed by atoms with Crippen molar-refractivity contribution in [2.75, 3.05) is 13.2 Å². The molecule has 14 heteroatoms. The molecule has 0 aliphatic carbocycles. The van der Waals surface area contributed by atoms with Gasteiger partial charge in [-0.15, -0.1) is 16.9 Å². The molecule has 196 valence electrons. The van der Waals surface area contributed by atoms with Gasteiger partial charge in [-0.25, -0.2) is 4.68 Å². The SMILES string of the molecule is CCCCCOCn1nnnc1C1N2C(=O)C(NC(=O)C(NC(=O)CN)c3ccco3)C2SC1(C)C. The van der Waals surface area contributed by atoms with E-state index < -0.39 is 34.7 Å². The smallest absolute Gasteiger partial charge is 0.251 e. The highest BCUT2D eigenvalue weighted by Gasteiger charge is 2.63. The minimum absolute atomic E-state index is 0.196. The Morgan fingerprint density at radius 3 is 2.86 bits per heavy atom. The van der Waals surface area contributed by atoms with E-state index in [0.717, 1.165) is 19.3 Å². The van der Waals surface area contributed by atoms with Gasteiger partial charge in [-0.3, -0.25) is 14.4 Å². The standard InChI is InChI=1S/C22H32N8O5S/c1-4-5-6-9-34-12-29-18(26-27-28-29)17-22(2,3)36-21-16(20(33)30(17)21)25-19(32)15(24-14(31)11-23)13-8-7-10-35-13/h7-8,10,15-17,21H,4-6,9,11-12,23H2,1-3H3,(H,24,31)(H,25,32). The highest BCUT2D eigenvalue weighted by atomic mass is 32.2. The number of nitrogens with two attached hydrogens (primary N) is 1. The maximum atomic E-state index is 13.3. The molecule has 0 radical (unpaired) electrons. The minimum atomic E-state index is -1.11. The summed E-state index contributed by atoms with van der Waals surface area (Å²) in [4.78, 5) is 39.9. The number of aromatic nitrogens is 4. The van der Waals surface area contributed by atoms with Crippen LogP contribution >= 0.6 is 11.8 Å². The number of carbonyl (C=O) groups excluding carboxylic acids is 3. The number of hydrogen-bond donors (Lipinski definition) is 3. The molecule has 2 aliphatic heterocycles. The molecule has 0 aromatic carbocycles. The fourth-order valence-electron chi connectivity index (χ4n) is 4.45. The summed E-state index contributed by atoms with van der Waals surface area (Å²) < 4.78 is 12.2. The predicted octanol–water partition coefficient (Wildman–Crippen LogP) is 0.466. The highest BCUT2D eigenvalue weighted by Crippen LogP contribution is 2.56. The third-order valence-electron chi connectivity index (χ3n) is 6.23. The molecule has 4 N–H and O–H groups in total. The molecule has 2 aromatic rings. The maximum absolute atomic E-state index is 13.3. The lowest BCUT2D eigenvalue weighted by Gasteiger charge is -2.44. The van der Waals surface area contributed by atoms with Gasteiger partial charge in [-0.2, -0.15) is 0 Å². The number of nitrogens with one attached hydrogen (secondary N) is 2. The third-order valence-corrected chi connectivity index (χ3v) is 7.80. The number of unbranched alkanes of at least 4 members (excludes halogenated alkanes) is 2. The summed E-state index contributed by atoms with van der Waals surface area (Å²) in [7, 11) is 0. The molecule has 4 rings (SSSR count). The Morgan fingerprint density at radius 2 is 2.17 bits per heavy atom. The van der Waals surface area contributed by atoms with Gasteiger partial charge in [0.15, 0.2) is 11.9 Å². The molecule has 4 atom stereocenters. The van der Waals surface area contributed by atoms with Gasteiger partial charge >= 0.3 is 0 Å².